The minimum absolute atomic E-state index is 0. The zero-order valence-corrected chi connectivity index (χ0v) is 7.20. The van der Waals surface area contributed by atoms with Crippen molar-refractivity contribution in [2.45, 2.75) is 38.4 Å². The summed E-state index contributed by atoms with van der Waals surface area (Å²) < 4.78 is 0. The maximum atomic E-state index is 5.33. The Morgan fingerprint density at radius 1 is 1.00 bits per heavy atom. The van der Waals surface area contributed by atoms with Crippen LogP contribution in [0.3, 0.4) is 0 Å². The Bertz CT molecular complexity index is 81.4. The van der Waals surface area contributed by atoms with Gasteiger partial charge < -0.3 is 5.64 Å². The van der Waals surface area contributed by atoms with E-state index < -0.39 is 0 Å². The molecule has 0 aromatic carbocycles. The fourth-order valence-electron chi connectivity index (χ4n) is 1.62. The van der Waals surface area contributed by atoms with Gasteiger partial charge in [0, 0.05) is 0 Å². The molecule has 0 aliphatic heterocycles. The molecule has 0 bridgehead atoms. The molecule has 0 amide bonds. The average Bonchev–Trinajstić information content (AvgIpc) is 1.91. The monoisotopic (exact) mass is 224 g/mol. The Morgan fingerprint density at radius 2 is 1.46 bits per heavy atom. The van der Waals surface area contributed by atoms with Gasteiger partial charge in [0.15, 0.2) is 0 Å². The summed E-state index contributed by atoms with van der Waals surface area (Å²) >= 11 is 0. The van der Waals surface area contributed by atoms with Crippen LogP contribution in [0.4, 0.5) is 14.1 Å². The number of hydrogen-bond acceptors (Lipinski definition) is 1. The Balaban J connectivity index is -0.000000101. The molecule has 0 atom stereocenters. The quantitative estimate of drug-likeness (QED) is 0.704. The first-order chi connectivity index (χ1) is 4.43. The number of hydrogen-bond donors (Lipinski definition) is 1. The Labute approximate surface area is 121 Å². The van der Waals surface area contributed by atoms with E-state index in [2.05, 4.69) is 0 Å². The molecule has 1 fully saturated rings. The Kier molecular flexibility index (Phi) is 29.3. The molecule has 0 aromatic heterocycles. The average molecular weight is 224 g/mol. The van der Waals surface area contributed by atoms with Crippen molar-refractivity contribution in [2.75, 3.05) is 0 Å². The van der Waals surface area contributed by atoms with E-state index >= 15 is 0 Å². The SMILES string of the molecule is F.F.F.N[B]CC1CCCCC1.[KH]. The van der Waals surface area contributed by atoms with E-state index in [0.717, 1.165) is 12.2 Å². The van der Waals surface area contributed by atoms with Crippen molar-refractivity contribution in [3.05, 3.63) is 0 Å². The zero-order valence-electron chi connectivity index (χ0n) is 7.20. The third-order valence-electron chi connectivity index (χ3n) is 2.19. The van der Waals surface area contributed by atoms with Crippen LogP contribution in [0.25, 0.3) is 0 Å². The van der Waals surface area contributed by atoms with Crippen LogP contribution >= 0.6 is 0 Å². The van der Waals surface area contributed by atoms with E-state index in [1.54, 1.807) is 0 Å². The van der Waals surface area contributed by atoms with E-state index in [4.69, 9.17) is 5.64 Å². The van der Waals surface area contributed by atoms with Crippen LogP contribution in [0.1, 0.15) is 32.1 Å². The van der Waals surface area contributed by atoms with Gasteiger partial charge in [-0.25, -0.2) is 0 Å². The Hall–Kier alpha value is 1.45. The van der Waals surface area contributed by atoms with Gasteiger partial charge in [-0.3, -0.25) is 14.1 Å². The third kappa shape index (κ3) is 11.4. The zero-order chi connectivity index (χ0) is 6.53. The first-order valence-corrected chi connectivity index (χ1v) is 3.97. The molecular formula is C7H19BF3KN. The van der Waals surface area contributed by atoms with E-state index in [0.29, 0.717) is 0 Å². The number of rotatable bonds is 2. The van der Waals surface area contributed by atoms with Crippen LogP contribution in [0.15, 0.2) is 0 Å². The van der Waals surface area contributed by atoms with Gasteiger partial charge in [-0.2, -0.15) is 0 Å². The summed E-state index contributed by atoms with van der Waals surface area (Å²) in [6.07, 6.45) is 8.26. The fraction of sp³-hybridized carbons (Fsp3) is 1.00. The molecule has 1 nitrogen and oxygen atoms in total. The van der Waals surface area contributed by atoms with E-state index in [1.807, 2.05) is 7.41 Å². The van der Waals surface area contributed by atoms with E-state index in [-0.39, 0.29) is 65.5 Å². The molecule has 6 heteroatoms. The van der Waals surface area contributed by atoms with Crippen LogP contribution in [0.5, 0.6) is 0 Å². The maximum absolute atomic E-state index is 5.33. The number of nitrogens with two attached hydrogens (primary N) is 1. The molecule has 0 unspecified atom stereocenters. The van der Waals surface area contributed by atoms with Gasteiger partial charge in [0.25, 0.3) is 0 Å². The van der Waals surface area contributed by atoms with Crippen molar-refractivity contribution >= 4 is 58.8 Å². The van der Waals surface area contributed by atoms with Crippen LogP contribution < -0.4 is 5.64 Å². The van der Waals surface area contributed by atoms with Gasteiger partial charge >= 0.3 is 51.4 Å². The van der Waals surface area contributed by atoms with Gasteiger partial charge in [-0.05, 0) is 5.92 Å². The second-order valence-electron chi connectivity index (χ2n) is 2.98. The standard InChI is InChI=1S/C7H15BN.3FH.K.H/c9-8-6-7-4-2-1-3-5-7;;;;;/h7H,1-6,9H2;3*1H;;. The molecule has 13 heavy (non-hydrogen) atoms. The normalized spacial score (nSPS) is 15.2. The van der Waals surface area contributed by atoms with E-state index in [9.17, 15) is 0 Å². The summed E-state index contributed by atoms with van der Waals surface area (Å²) in [7, 11) is 1.82. The molecule has 1 rings (SSSR count). The van der Waals surface area contributed by atoms with Crippen LogP contribution in [0.2, 0.25) is 6.32 Å². The Morgan fingerprint density at radius 3 is 1.85 bits per heavy atom. The molecule has 2 N–H and O–H groups in total. The van der Waals surface area contributed by atoms with Gasteiger partial charge in [0.05, 0.1) is 0 Å². The second-order valence-corrected chi connectivity index (χ2v) is 2.98. The molecule has 0 heterocycles. The topological polar surface area (TPSA) is 26.0 Å². The van der Waals surface area contributed by atoms with Crippen LogP contribution in [-0.2, 0) is 0 Å². The summed E-state index contributed by atoms with van der Waals surface area (Å²) in [6, 6.07) is 0. The minimum atomic E-state index is 0. The van der Waals surface area contributed by atoms with Gasteiger partial charge in [-0.15, -0.1) is 0 Å². The van der Waals surface area contributed by atoms with E-state index in [1.165, 1.54) is 32.1 Å². The van der Waals surface area contributed by atoms with Crippen molar-refractivity contribution in [1.82, 2.24) is 0 Å². The van der Waals surface area contributed by atoms with Crippen molar-refractivity contribution < 1.29 is 14.1 Å². The second kappa shape index (κ2) is 15.9. The van der Waals surface area contributed by atoms with Crippen molar-refractivity contribution in [3.63, 3.8) is 0 Å². The van der Waals surface area contributed by atoms with Gasteiger partial charge in [0.1, 0.15) is 0 Å². The molecule has 1 aliphatic rings. The molecule has 0 spiro atoms. The molecule has 77 valence electrons. The summed E-state index contributed by atoms with van der Waals surface area (Å²) in [4.78, 5) is 0. The fourth-order valence-corrected chi connectivity index (χ4v) is 1.62. The van der Waals surface area contributed by atoms with Crippen LogP contribution in [-0.4, -0.2) is 58.8 Å². The van der Waals surface area contributed by atoms with Gasteiger partial charge in [-0.1, -0.05) is 38.4 Å². The summed E-state index contributed by atoms with van der Waals surface area (Å²) in [5.74, 6) is 0.920. The van der Waals surface area contributed by atoms with Gasteiger partial charge in [0.2, 0.25) is 7.41 Å². The first kappa shape index (κ1) is 23.9. The molecule has 1 aliphatic carbocycles. The van der Waals surface area contributed by atoms with Crippen molar-refractivity contribution in [1.29, 1.82) is 0 Å². The summed E-state index contributed by atoms with van der Waals surface area (Å²) in [6.45, 7) is 0. The molecule has 0 aromatic rings. The molecule has 1 saturated carbocycles. The van der Waals surface area contributed by atoms with Crippen molar-refractivity contribution in [3.8, 4) is 0 Å². The number of halogens is 3. The molecule has 0 saturated heterocycles. The predicted molar refractivity (Wildman–Crippen MR) is 56.0 cm³/mol. The molecular weight excluding hydrogens is 205 g/mol. The summed E-state index contributed by atoms with van der Waals surface area (Å²) in [5, 5.41) is 0. The summed E-state index contributed by atoms with van der Waals surface area (Å²) in [5.41, 5.74) is 5.33. The van der Waals surface area contributed by atoms with Crippen LogP contribution in [0, 0.1) is 5.92 Å². The molecule has 1 radical (unpaired) electrons. The van der Waals surface area contributed by atoms with Crippen molar-refractivity contribution in [2.24, 2.45) is 11.6 Å². The predicted octanol–water partition coefficient (Wildman–Crippen LogP) is 1.37. The third-order valence-corrected chi connectivity index (χ3v) is 2.19. The first-order valence-electron chi connectivity index (χ1n) is 3.97.